The van der Waals surface area contributed by atoms with Crippen molar-refractivity contribution in [2.24, 2.45) is 0 Å². The van der Waals surface area contributed by atoms with Crippen LogP contribution in [0.2, 0.25) is 0 Å². The van der Waals surface area contributed by atoms with E-state index in [-0.39, 0.29) is 6.10 Å². The minimum absolute atomic E-state index is 0.198. The first-order chi connectivity index (χ1) is 18.2. The zero-order chi connectivity index (χ0) is 25.5. The zero-order valence-corrected chi connectivity index (χ0v) is 22.5. The van der Waals surface area contributed by atoms with Crippen molar-refractivity contribution in [1.29, 1.82) is 0 Å². The average Bonchev–Trinajstić information content (AvgIpc) is 3.27. The van der Waals surface area contributed by atoms with E-state index in [1.807, 2.05) is 6.20 Å². The summed E-state index contributed by atoms with van der Waals surface area (Å²) in [7, 11) is 2.20. The number of aliphatic hydroxyl groups excluding tert-OH is 1. The molecule has 0 spiro atoms. The third-order valence-electron chi connectivity index (χ3n) is 8.07. The fourth-order valence-corrected chi connectivity index (χ4v) is 5.66. The van der Waals surface area contributed by atoms with Crippen LogP contribution in [0.1, 0.15) is 63.4 Å². The third kappa shape index (κ3) is 7.09. The summed E-state index contributed by atoms with van der Waals surface area (Å²) in [6.07, 6.45) is 14.0. The van der Waals surface area contributed by atoms with Crippen molar-refractivity contribution in [1.82, 2.24) is 24.3 Å². The highest BCUT2D eigenvalue weighted by molar-refractivity contribution is 5.94. The summed E-state index contributed by atoms with van der Waals surface area (Å²) >= 11 is 0. The second kappa shape index (κ2) is 12.9. The molecule has 0 radical (unpaired) electrons. The van der Waals surface area contributed by atoms with Gasteiger partial charge in [0.2, 0.25) is 5.95 Å². The highest BCUT2D eigenvalue weighted by Crippen LogP contribution is 2.31. The maximum absolute atomic E-state index is 10.5. The molecule has 5 rings (SSSR count). The van der Waals surface area contributed by atoms with Gasteiger partial charge in [-0.3, -0.25) is 4.90 Å². The first-order valence-corrected chi connectivity index (χ1v) is 14.4. The van der Waals surface area contributed by atoms with Crippen molar-refractivity contribution in [2.45, 2.75) is 77.0 Å². The molecule has 0 aliphatic carbocycles. The fourth-order valence-electron chi connectivity index (χ4n) is 5.66. The number of nitrogens with one attached hydrogen (secondary N) is 1. The molecule has 2 bridgehead atoms. The highest BCUT2D eigenvalue weighted by Gasteiger charge is 2.16. The number of rotatable bonds is 3. The van der Waals surface area contributed by atoms with Gasteiger partial charge in [-0.1, -0.05) is 56.4 Å². The standard InChI is InChI=1S/C30H44N6O/c1-34-17-19-35(20-18-34)22-24-11-13-25(14-12-24)28-23-36-16-8-10-26(37)9-6-4-2-3-5-7-15-31-30-32-21-27(28)29(36)33-30/h11-14,21,23,26,37H,2-10,15-20,22H2,1H3,(H,31,32,33). The number of fused-ring (bicyclic) bond motifs is 1. The molecular formula is C30H44N6O. The van der Waals surface area contributed by atoms with Gasteiger partial charge in [0.1, 0.15) is 5.65 Å². The van der Waals surface area contributed by atoms with E-state index in [4.69, 9.17) is 4.98 Å². The van der Waals surface area contributed by atoms with Gasteiger partial charge in [0.05, 0.1) is 6.10 Å². The molecule has 1 aromatic carbocycles. The van der Waals surface area contributed by atoms with Gasteiger partial charge in [0.25, 0.3) is 0 Å². The Morgan fingerprint density at radius 2 is 1.62 bits per heavy atom. The molecule has 1 unspecified atom stereocenters. The minimum Gasteiger partial charge on any atom is -0.393 e. The molecule has 37 heavy (non-hydrogen) atoms. The van der Waals surface area contributed by atoms with Gasteiger partial charge in [0.15, 0.2) is 0 Å². The van der Waals surface area contributed by atoms with Crippen molar-refractivity contribution in [3.05, 3.63) is 42.2 Å². The molecule has 1 fully saturated rings. The van der Waals surface area contributed by atoms with Crippen LogP contribution in [-0.4, -0.2) is 75.3 Å². The first kappa shape index (κ1) is 26.1. The molecular weight excluding hydrogens is 460 g/mol. The van der Waals surface area contributed by atoms with Crippen LogP contribution in [-0.2, 0) is 13.1 Å². The maximum Gasteiger partial charge on any atom is 0.224 e. The molecule has 4 heterocycles. The number of likely N-dealkylation sites (N-methyl/N-ethyl adjacent to an activating group) is 1. The number of benzene rings is 1. The van der Waals surface area contributed by atoms with Crippen LogP contribution in [0, 0.1) is 0 Å². The van der Waals surface area contributed by atoms with Crippen molar-refractivity contribution < 1.29 is 5.11 Å². The number of hydrogen-bond acceptors (Lipinski definition) is 6. The summed E-state index contributed by atoms with van der Waals surface area (Å²) in [6.45, 7) is 7.33. The summed E-state index contributed by atoms with van der Waals surface area (Å²) in [5.74, 6) is 0.713. The summed E-state index contributed by atoms with van der Waals surface area (Å²) in [5, 5.41) is 15.0. The predicted octanol–water partition coefficient (Wildman–Crippen LogP) is 5.14. The number of hydrogen-bond donors (Lipinski definition) is 2. The lowest BCUT2D eigenvalue weighted by atomic mass is 10.0. The Hall–Kier alpha value is -2.48. The second-order valence-electron chi connectivity index (χ2n) is 11.1. The van der Waals surface area contributed by atoms with Crippen LogP contribution in [0.3, 0.4) is 0 Å². The van der Waals surface area contributed by atoms with Crippen LogP contribution >= 0.6 is 0 Å². The van der Waals surface area contributed by atoms with E-state index in [1.54, 1.807) is 0 Å². The Bertz CT molecular complexity index is 1120. The number of piperazine rings is 1. The van der Waals surface area contributed by atoms with Crippen LogP contribution in [0.5, 0.6) is 0 Å². The summed E-state index contributed by atoms with van der Waals surface area (Å²) in [6, 6.07) is 9.04. The summed E-state index contributed by atoms with van der Waals surface area (Å²) in [5.41, 5.74) is 4.73. The molecule has 0 amide bonds. The number of aryl methyl sites for hydroxylation is 1. The fraction of sp³-hybridized carbons (Fsp3) is 0.600. The van der Waals surface area contributed by atoms with Gasteiger partial charge in [-0.25, -0.2) is 4.98 Å². The van der Waals surface area contributed by atoms with E-state index >= 15 is 0 Å². The van der Waals surface area contributed by atoms with Crippen molar-refractivity contribution in [2.75, 3.05) is 45.1 Å². The molecule has 7 heteroatoms. The van der Waals surface area contributed by atoms with Gasteiger partial charge in [0, 0.05) is 69.2 Å². The van der Waals surface area contributed by atoms with E-state index in [1.165, 1.54) is 42.4 Å². The topological polar surface area (TPSA) is 69.5 Å². The molecule has 2 N–H and O–H groups in total. The average molecular weight is 505 g/mol. The molecule has 1 saturated heterocycles. The van der Waals surface area contributed by atoms with Crippen LogP contribution in [0.15, 0.2) is 36.7 Å². The van der Waals surface area contributed by atoms with Gasteiger partial charge in [-0.15, -0.1) is 0 Å². The van der Waals surface area contributed by atoms with Crippen molar-refractivity contribution >= 4 is 17.0 Å². The molecule has 2 aliphatic heterocycles. The van der Waals surface area contributed by atoms with E-state index in [2.05, 4.69) is 62.2 Å². The molecule has 2 aromatic heterocycles. The Labute approximate surface area is 221 Å². The number of nitrogens with zero attached hydrogens (tertiary/aromatic N) is 5. The van der Waals surface area contributed by atoms with Crippen molar-refractivity contribution in [3.8, 4) is 11.1 Å². The SMILES string of the molecule is CN1CCN(Cc2ccc(-c3cn4c5nc(ncc35)NCCCCCCCCC(O)CCC4)cc2)CC1. The normalized spacial score (nSPS) is 21.6. The Kier molecular flexibility index (Phi) is 9.08. The lowest BCUT2D eigenvalue weighted by Gasteiger charge is -2.32. The molecule has 200 valence electrons. The number of aromatic nitrogens is 3. The lowest BCUT2D eigenvalue weighted by molar-refractivity contribution is 0.146. The van der Waals surface area contributed by atoms with E-state index in [0.29, 0.717) is 5.95 Å². The monoisotopic (exact) mass is 504 g/mol. The Morgan fingerprint density at radius 3 is 2.43 bits per heavy atom. The van der Waals surface area contributed by atoms with Crippen LogP contribution < -0.4 is 5.32 Å². The summed E-state index contributed by atoms with van der Waals surface area (Å²) < 4.78 is 2.26. The van der Waals surface area contributed by atoms with E-state index < -0.39 is 0 Å². The highest BCUT2D eigenvalue weighted by atomic mass is 16.3. The molecule has 2 aliphatic rings. The van der Waals surface area contributed by atoms with Gasteiger partial charge in [-0.2, -0.15) is 4.98 Å². The van der Waals surface area contributed by atoms with E-state index in [9.17, 15) is 5.11 Å². The first-order valence-electron chi connectivity index (χ1n) is 14.4. The van der Waals surface area contributed by atoms with Crippen LogP contribution in [0.4, 0.5) is 5.95 Å². The minimum atomic E-state index is -0.198. The van der Waals surface area contributed by atoms with Gasteiger partial charge >= 0.3 is 0 Å². The largest absolute Gasteiger partial charge is 0.393 e. The Balaban J connectivity index is 1.35. The van der Waals surface area contributed by atoms with Gasteiger partial charge < -0.3 is 19.9 Å². The maximum atomic E-state index is 10.5. The Morgan fingerprint density at radius 1 is 0.892 bits per heavy atom. The second-order valence-corrected chi connectivity index (χ2v) is 11.1. The molecule has 1 atom stereocenters. The molecule has 3 aromatic rings. The number of anilines is 1. The quantitative estimate of drug-likeness (QED) is 0.515. The summed E-state index contributed by atoms with van der Waals surface area (Å²) in [4.78, 5) is 14.6. The van der Waals surface area contributed by atoms with E-state index in [0.717, 1.165) is 89.0 Å². The smallest absolute Gasteiger partial charge is 0.224 e. The molecule has 0 saturated carbocycles. The lowest BCUT2D eigenvalue weighted by Crippen LogP contribution is -2.43. The third-order valence-corrected chi connectivity index (χ3v) is 8.07. The van der Waals surface area contributed by atoms with Crippen LogP contribution in [0.25, 0.3) is 22.2 Å². The van der Waals surface area contributed by atoms with Crippen molar-refractivity contribution in [3.63, 3.8) is 0 Å². The predicted molar refractivity (Wildman–Crippen MR) is 152 cm³/mol. The zero-order valence-electron chi connectivity index (χ0n) is 22.5. The molecule has 7 nitrogen and oxygen atoms in total. The van der Waals surface area contributed by atoms with Gasteiger partial charge in [-0.05, 0) is 43.9 Å². The number of aliphatic hydroxyl groups is 1.